The minimum Gasteiger partial charge on any atom is -0.348 e. The van der Waals surface area contributed by atoms with Crippen molar-refractivity contribution in [1.82, 2.24) is 15.5 Å². The largest absolute Gasteiger partial charge is 0.348 e. The van der Waals surface area contributed by atoms with Gasteiger partial charge in [0, 0.05) is 4.47 Å². The normalized spacial score (nSPS) is 26.2. The number of rotatable bonds is 5. The van der Waals surface area contributed by atoms with Gasteiger partial charge in [0.2, 0.25) is 5.91 Å². The SMILES string of the molecule is CC[C@@H](NC(=O)CN1C(=O)N[C@]2(CCCC[C@@H]2C)C1=O)c1ccc(Br)cc1. The van der Waals surface area contributed by atoms with Crippen molar-refractivity contribution in [3.63, 3.8) is 0 Å². The van der Waals surface area contributed by atoms with E-state index in [4.69, 9.17) is 0 Å². The summed E-state index contributed by atoms with van der Waals surface area (Å²) >= 11 is 3.40. The molecule has 0 aromatic heterocycles. The quantitative estimate of drug-likeness (QED) is 0.694. The Bertz CT molecular complexity index is 736. The van der Waals surface area contributed by atoms with Gasteiger partial charge in [-0.1, -0.05) is 54.8 Å². The molecule has 6 nitrogen and oxygen atoms in total. The van der Waals surface area contributed by atoms with Crippen molar-refractivity contribution in [2.75, 3.05) is 6.54 Å². The topological polar surface area (TPSA) is 78.5 Å². The van der Waals surface area contributed by atoms with Crippen LogP contribution >= 0.6 is 15.9 Å². The third-order valence-electron chi connectivity index (χ3n) is 5.82. The summed E-state index contributed by atoms with van der Waals surface area (Å²) in [7, 11) is 0. The van der Waals surface area contributed by atoms with E-state index in [-0.39, 0.29) is 30.3 Å². The maximum absolute atomic E-state index is 13.0. The van der Waals surface area contributed by atoms with E-state index in [1.807, 2.05) is 38.1 Å². The lowest BCUT2D eigenvalue weighted by molar-refractivity contribution is -0.137. The predicted molar refractivity (Wildman–Crippen MR) is 106 cm³/mol. The molecular formula is C20H26BrN3O3. The van der Waals surface area contributed by atoms with Gasteiger partial charge in [-0.3, -0.25) is 14.5 Å². The van der Waals surface area contributed by atoms with Crippen LogP contribution in [0.3, 0.4) is 0 Å². The molecule has 3 rings (SSSR count). The maximum atomic E-state index is 13.0. The monoisotopic (exact) mass is 435 g/mol. The number of nitrogens with zero attached hydrogens (tertiary/aromatic N) is 1. The molecule has 0 bridgehead atoms. The van der Waals surface area contributed by atoms with E-state index in [1.54, 1.807) is 0 Å². The molecule has 1 aromatic rings. The Labute approximate surface area is 168 Å². The minimum absolute atomic E-state index is 0.0851. The summed E-state index contributed by atoms with van der Waals surface area (Å²) in [5.74, 6) is -0.498. The number of carbonyl (C=O) groups excluding carboxylic acids is 3. The highest BCUT2D eigenvalue weighted by molar-refractivity contribution is 9.10. The molecule has 2 fully saturated rings. The molecule has 2 aliphatic rings. The van der Waals surface area contributed by atoms with Crippen LogP contribution in [0.1, 0.15) is 57.6 Å². The average molecular weight is 436 g/mol. The predicted octanol–water partition coefficient (Wildman–Crippen LogP) is 3.52. The summed E-state index contributed by atoms with van der Waals surface area (Å²) < 4.78 is 0.971. The highest BCUT2D eigenvalue weighted by Gasteiger charge is 2.55. The molecule has 0 radical (unpaired) electrons. The molecule has 4 amide bonds. The summed E-state index contributed by atoms with van der Waals surface area (Å²) in [4.78, 5) is 39.0. The number of amides is 4. The summed E-state index contributed by atoms with van der Waals surface area (Å²) in [6.07, 6.45) is 4.26. The Hall–Kier alpha value is -1.89. The Morgan fingerprint density at radius 3 is 2.67 bits per heavy atom. The van der Waals surface area contributed by atoms with Crippen molar-refractivity contribution in [3.05, 3.63) is 34.3 Å². The molecule has 1 saturated heterocycles. The first-order valence-electron chi connectivity index (χ1n) is 9.56. The lowest BCUT2D eigenvalue weighted by Gasteiger charge is -2.36. The molecule has 0 unspecified atom stereocenters. The van der Waals surface area contributed by atoms with Crippen LogP contribution in [0.4, 0.5) is 4.79 Å². The number of hydrogen-bond donors (Lipinski definition) is 2. The van der Waals surface area contributed by atoms with Gasteiger partial charge in [0.1, 0.15) is 12.1 Å². The van der Waals surface area contributed by atoms with Crippen LogP contribution in [0.25, 0.3) is 0 Å². The zero-order chi connectivity index (χ0) is 19.6. The molecule has 2 N–H and O–H groups in total. The van der Waals surface area contributed by atoms with Crippen LogP contribution < -0.4 is 10.6 Å². The van der Waals surface area contributed by atoms with Crippen molar-refractivity contribution in [1.29, 1.82) is 0 Å². The van der Waals surface area contributed by atoms with E-state index < -0.39 is 11.6 Å². The van der Waals surface area contributed by atoms with Gasteiger partial charge in [-0.15, -0.1) is 0 Å². The van der Waals surface area contributed by atoms with Crippen LogP contribution in [0.15, 0.2) is 28.7 Å². The number of hydrogen-bond acceptors (Lipinski definition) is 3. The van der Waals surface area contributed by atoms with Crippen molar-refractivity contribution in [2.24, 2.45) is 5.92 Å². The van der Waals surface area contributed by atoms with Crippen LogP contribution in [0, 0.1) is 5.92 Å². The van der Waals surface area contributed by atoms with E-state index in [9.17, 15) is 14.4 Å². The Kier molecular flexibility index (Phi) is 5.89. The third-order valence-corrected chi connectivity index (χ3v) is 6.35. The highest BCUT2D eigenvalue weighted by Crippen LogP contribution is 2.38. The maximum Gasteiger partial charge on any atom is 0.325 e. The second kappa shape index (κ2) is 8.00. The van der Waals surface area contributed by atoms with E-state index >= 15 is 0 Å². The van der Waals surface area contributed by atoms with Crippen molar-refractivity contribution >= 4 is 33.8 Å². The summed E-state index contributed by atoms with van der Waals surface area (Å²) in [5, 5.41) is 5.83. The number of halogens is 1. The average Bonchev–Trinajstić information content (AvgIpc) is 2.88. The smallest absolute Gasteiger partial charge is 0.325 e. The van der Waals surface area contributed by atoms with Crippen LogP contribution in [-0.4, -0.2) is 34.8 Å². The van der Waals surface area contributed by atoms with Crippen molar-refractivity contribution in [3.8, 4) is 0 Å². The summed E-state index contributed by atoms with van der Waals surface area (Å²) in [5.41, 5.74) is 0.162. The number of imide groups is 1. The fraction of sp³-hybridized carbons (Fsp3) is 0.550. The molecule has 7 heteroatoms. The van der Waals surface area contributed by atoms with Gasteiger partial charge < -0.3 is 10.6 Å². The molecule has 3 atom stereocenters. The summed E-state index contributed by atoms with van der Waals surface area (Å²) in [6, 6.07) is 7.14. The van der Waals surface area contributed by atoms with Crippen molar-refractivity contribution in [2.45, 2.75) is 57.5 Å². The van der Waals surface area contributed by atoms with Gasteiger partial charge in [0.15, 0.2) is 0 Å². The van der Waals surface area contributed by atoms with Crippen molar-refractivity contribution < 1.29 is 14.4 Å². The van der Waals surface area contributed by atoms with Crippen LogP contribution in [0.2, 0.25) is 0 Å². The van der Waals surface area contributed by atoms with Gasteiger partial charge in [0.25, 0.3) is 5.91 Å². The van der Waals surface area contributed by atoms with Gasteiger partial charge in [-0.25, -0.2) is 4.79 Å². The lowest BCUT2D eigenvalue weighted by Crippen LogP contribution is -2.54. The molecule has 146 valence electrons. The standard InChI is InChI=1S/C20H26BrN3O3/c1-3-16(14-7-9-15(21)10-8-14)22-17(25)12-24-18(26)20(23-19(24)27)11-5-4-6-13(20)2/h7-10,13,16H,3-6,11-12H2,1-2H3,(H,22,25)(H,23,27)/t13-,16+,20-/m0/s1. The molecule has 1 aliphatic carbocycles. The van der Waals surface area contributed by atoms with E-state index in [0.29, 0.717) is 12.8 Å². The van der Waals surface area contributed by atoms with Gasteiger partial charge >= 0.3 is 6.03 Å². The third kappa shape index (κ3) is 3.88. The molecule has 1 saturated carbocycles. The molecule has 27 heavy (non-hydrogen) atoms. The number of benzene rings is 1. The second-order valence-electron chi connectivity index (χ2n) is 7.52. The number of urea groups is 1. The first-order chi connectivity index (χ1) is 12.9. The lowest BCUT2D eigenvalue weighted by atomic mass is 9.73. The Morgan fingerprint density at radius 1 is 1.33 bits per heavy atom. The Morgan fingerprint density at radius 2 is 2.04 bits per heavy atom. The van der Waals surface area contributed by atoms with Crippen LogP contribution in [0.5, 0.6) is 0 Å². The summed E-state index contributed by atoms with van der Waals surface area (Å²) in [6.45, 7) is 3.74. The molecular weight excluding hydrogens is 410 g/mol. The molecule has 1 heterocycles. The van der Waals surface area contributed by atoms with Gasteiger partial charge in [-0.2, -0.15) is 0 Å². The highest BCUT2D eigenvalue weighted by atomic mass is 79.9. The number of carbonyl (C=O) groups is 3. The van der Waals surface area contributed by atoms with Gasteiger partial charge in [-0.05, 0) is 42.9 Å². The van der Waals surface area contributed by atoms with E-state index in [1.165, 1.54) is 0 Å². The molecule has 1 aliphatic heterocycles. The zero-order valence-corrected chi connectivity index (χ0v) is 17.3. The Balaban J connectivity index is 1.67. The van der Waals surface area contributed by atoms with Crippen LogP contribution in [-0.2, 0) is 9.59 Å². The van der Waals surface area contributed by atoms with E-state index in [2.05, 4.69) is 26.6 Å². The zero-order valence-electron chi connectivity index (χ0n) is 15.8. The fourth-order valence-corrected chi connectivity index (χ4v) is 4.40. The molecule has 1 aromatic carbocycles. The minimum atomic E-state index is -0.828. The molecule has 1 spiro atoms. The second-order valence-corrected chi connectivity index (χ2v) is 8.44. The first kappa shape index (κ1) is 19.9. The van der Waals surface area contributed by atoms with Gasteiger partial charge in [0.05, 0.1) is 6.04 Å². The number of nitrogens with one attached hydrogen (secondary N) is 2. The first-order valence-corrected chi connectivity index (χ1v) is 10.4. The fourth-order valence-electron chi connectivity index (χ4n) is 4.14. The van der Waals surface area contributed by atoms with E-state index in [0.717, 1.165) is 34.2 Å².